The Kier molecular flexibility index (Phi) is 13.7. The van der Waals surface area contributed by atoms with Crippen molar-refractivity contribution in [2.45, 2.75) is 45.6 Å². The number of H-pyrrole nitrogens is 2. The molecule has 6 aromatic rings. The predicted octanol–water partition coefficient (Wildman–Crippen LogP) is 7.83. The average Bonchev–Trinajstić information content (AvgIpc) is 3.81. The quantitative estimate of drug-likeness (QED) is 0.0462. The number of urea groups is 2. The monoisotopic (exact) mass is 778 g/mol. The van der Waals surface area contributed by atoms with Gasteiger partial charge in [0.25, 0.3) is 0 Å². The lowest BCUT2D eigenvalue weighted by molar-refractivity contribution is 0.210. The Labute approximate surface area is 319 Å². The summed E-state index contributed by atoms with van der Waals surface area (Å²) >= 11 is 0. The molecular weight excluding hydrogens is 736 g/mol. The van der Waals surface area contributed by atoms with E-state index in [0.717, 1.165) is 31.0 Å². The summed E-state index contributed by atoms with van der Waals surface area (Å²) in [6, 6.07) is 6.68. The molecule has 7 N–H and O–H groups in total. The molecule has 4 amide bonds. The number of aliphatic hydroxyl groups excluding tert-OH is 1. The van der Waals surface area contributed by atoms with Crippen molar-refractivity contribution in [3.05, 3.63) is 107 Å². The molecule has 2 aromatic carbocycles. The first-order chi connectivity index (χ1) is 27.0. The number of pyridine rings is 2. The fourth-order valence-electron chi connectivity index (χ4n) is 5.71. The molecule has 0 bridgehead atoms. The van der Waals surface area contributed by atoms with Crippen molar-refractivity contribution < 1.29 is 41.7 Å². The Morgan fingerprint density at radius 1 is 0.768 bits per heavy atom. The lowest BCUT2D eigenvalue weighted by atomic mass is 9.99. The Morgan fingerprint density at radius 2 is 1.34 bits per heavy atom. The summed E-state index contributed by atoms with van der Waals surface area (Å²) in [7, 11) is 2.98. The normalized spacial score (nSPS) is 11.4. The number of benzene rings is 2. The third-order valence-electron chi connectivity index (χ3n) is 8.70. The second-order valence-electron chi connectivity index (χ2n) is 12.5. The van der Waals surface area contributed by atoms with E-state index in [4.69, 9.17) is 9.47 Å². The first-order valence-corrected chi connectivity index (χ1v) is 17.7. The molecule has 0 aliphatic carbocycles. The van der Waals surface area contributed by atoms with Gasteiger partial charge in [0.05, 0.1) is 43.6 Å². The molecule has 0 fully saturated rings. The van der Waals surface area contributed by atoms with Gasteiger partial charge in [0.1, 0.15) is 40.5 Å². The van der Waals surface area contributed by atoms with Crippen LogP contribution in [-0.2, 0) is 6.42 Å². The van der Waals surface area contributed by atoms with Crippen LogP contribution in [0.4, 0.5) is 38.5 Å². The van der Waals surface area contributed by atoms with Crippen LogP contribution in [0.5, 0.6) is 11.5 Å². The first-order valence-electron chi connectivity index (χ1n) is 17.7. The largest absolute Gasteiger partial charge is 0.495 e. The van der Waals surface area contributed by atoms with Crippen LogP contribution in [0, 0.1) is 23.3 Å². The Balaban J connectivity index is 0.000000214. The Hall–Kier alpha value is -6.36. The highest BCUT2D eigenvalue weighted by Crippen LogP contribution is 2.35. The van der Waals surface area contributed by atoms with E-state index in [-0.39, 0.29) is 28.9 Å². The van der Waals surface area contributed by atoms with Crippen molar-refractivity contribution in [2.24, 2.45) is 0 Å². The van der Waals surface area contributed by atoms with Crippen molar-refractivity contribution in [3.8, 4) is 11.5 Å². The number of ether oxygens (including phenoxy) is 2. The molecule has 0 aliphatic heterocycles. The molecule has 296 valence electrons. The number of hydrogen-bond acceptors (Lipinski definition) is 7. The standard InChI is InChI=1S/C20H22F2N4O2.C19H20F2N4O3/c1-3-4-7-23-20(27)26-17-6-5-16(21)15(18(17)22)8-12-10-24-19-14(12)9-13(28-2)11-25-19;1-3-6-22-19(27)25-14-5-4-13(20)15(16(14)21)17(26)12-9-24-18-11(12)7-10(28-2)8-23-18/h5-6,9-11H,3-4,7-8H2,1-2H3,(H,24,25)(H2,23,26,27);4-5,7-9,17,26H,3,6H2,1-2H3,(H,23,24)(H2,22,25,27). The summed E-state index contributed by atoms with van der Waals surface area (Å²) in [6.07, 6.45) is 6.97. The predicted molar refractivity (Wildman–Crippen MR) is 204 cm³/mol. The summed E-state index contributed by atoms with van der Waals surface area (Å²) in [5, 5.41) is 21.8. The van der Waals surface area contributed by atoms with E-state index in [0.29, 0.717) is 58.6 Å². The number of fused-ring (bicyclic) bond motifs is 2. The van der Waals surface area contributed by atoms with E-state index >= 15 is 0 Å². The topological polar surface area (TPSA) is 178 Å². The van der Waals surface area contributed by atoms with Crippen LogP contribution in [0.15, 0.2) is 61.2 Å². The number of aromatic nitrogens is 4. The molecule has 4 aromatic heterocycles. The van der Waals surface area contributed by atoms with Crippen LogP contribution in [0.2, 0.25) is 0 Å². The van der Waals surface area contributed by atoms with E-state index in [2.05, 4.69) is 41.2 Å². The molecule has 17 heteroatoms. The third-order valence-corrected chi connectivity index (χ3v) is 8.70. The summed E-state index contributed by atoms with van der Waals surface area (Å²) in [4.78, 5) is 37.9. The smallest absolute Gasteiger partial charge is 0.319 e. The summed E-state index contributed by atoms with van der Waals surface area (Å²) in [5.41, 5.74) is 0.924. The molecule has 0 spiro atoms. The van der Waals surface area contributed by atoms with Gasteiger partial charge >= 0.3 is 12.1 Å². The maximum absolute atomic E-state index is 14.9. The molecule has 56 heavy (non-hydrogen) atoms. The van der Waals surface area contributed by atoms with Gasteiger partial charge in [-0.15, -0.1) is 0 Å². The number of amides is 4. The van der Waals surface area contributed by atoms with E-state index < -0.39 is 47.0 Å². The van der Waals surface area contributed by atoms with Gasteiger partial charge < -0.3 is 45.8 Å². The van der Waals surface area contributed by atoms with Gasteiger partial charge in [-0.05, 0) is 54.8 Å². The fraction of sp³-hybridized carbons (Fsp3) is 0.282. The van der Waals surface area contributed by atoms with Crippen molar-refractivity contribution in [1.82, 2.24) is 30.6 Å². The molecule has 0 radical (unpaired) electrons. The zero-order chi connectivity index (χ0) is 40.4. The summed E-state index contributed by atoms with van der Waals surface area (Å²) < 4.78 is 68.8. The molecule has 0 aliphatic rings. The Morgan fingerprint density at radius 3 is 1.96 bits per heavy atom. The van der Waals surface area contributed by atoms with Crippen LogP contribution in [0.3, 0.4) is 0 Å². The van der Waals surface area contributed by atoms with E-state index in [9.17, 15) is 32.3 Å². The number of carbonyl (C=O) groups excluding carboxylic acids is 2. The number of nitrogens with zero attached hydrogens (tertiary/aromatic N) is 2. The maximum atomic E-state index is 14.9. The van der Waals surface area contributed by atoms with Gasteiger partial charge in [-0.2, -0.15) is 0 Å². The summed E-state index contributed by atoms with van der Waals surface area (Å²) in [5.74, 6) is -2.48. The number of hydrogen-bond donors (Lipinski definition) is 7. The number of anilines is 2. The van der Waals surface area contributed by atoms with Crippen LogP contribution in [0.25, 0.3) is 22.1 Å². The first kappa shape index (κ1) is 40.8. The maximum Gasteiger partial charge on any atom is 0.319 e. The number of aliphatic hydroxyl groups is 1. The van der Waals surface area contributed by atoms with Crippen LogP contribution < -0.4 is 30.7 Å². The van der Waals surface area contributed by atoms with Gasteiger partial charge in [-0.25, -0.2) is 37.1 Å². The molecule has 13 nitrogen and oxygen atoms in total. The van der Waals surface area contributed by atoms with Gasteiger partial charge in [-0.1, -0.05) is 20.3 Å². The highest BCUT2D eigenvalue weighted by atomic mass is 19.1. The zero-order valence-corrected chi connectivity index (χ0v) is 31.1. The third kappa shape index (κ3) is 9.46. The molecule has 4 heterocycles. The number of unbranched alkanes of at least 4 members (excludes halogenated alkanes) is 1. The van der Waals surface area contributed by atoms with E-state index in [1.807, 2.05) is 13.8 Å². The average molecular weight is 779 g/mol. The van der Waals surface area contributed by atoms with Gasteiger partial charge in [0, 0.05) is 53.8 Å². The van der Waals surface area contributed by atoms with Gasteiger partial charge in [0.2, 0.25) is 0 Å². The molecular formula is C39H42F4N8O5. The van der Waals surface area contributed by atoms with Crippen molar-refractivity contribution in [3.63, 3.8) is 0 Å². The number of rotatable bonds is 13. The number of methoxy groups -OCH3 is 2. The van der Waals surface area contributed by atoms with Gasteiger partial charge in [0.15, 0.2) is 11.6 Å². The van der Waals surface area contributed by atoms with E-state index in [1.165, 1.54) is 32.7 Å². The van der Waals surface area contributed by atoms with E-state index in [1.54, 1.807) is 24.5 Å². The lowest BCUT2D eigenvalue weighted by Gasteiger charge is -2.16. The van der Waals surface area contributed by atoms with Crippen LogP contribution >= 0.6 is 0 Å². The lowest BCUT2D eigenvalue weighted by Crippen LogP contribution is -2.30. The fourth-order valence-corrected chi connectivity index (χ4v) is 5.71. The Bertz CT molecular complexity index is 2320. The number of carbonyl (C=O) groups is 2. The second kappa shape index (κ2) is 18.8. The number of aromatic amines is 2. The molecule has 6 rings (SSSR count). The van der Waals surface area contributed by atoms with Crippen molar-refractivity contribution >= 4 is 45.5 Å². The molecule has 0 saturated heterocycles. The van der Waals surface area contributed by atoms with Crippen LogP contribution in [0.1, 0.15) is 61.5 Å². The van der Waals surface area contributed by atoms with Crippen LogP contribution in [-0.4, -0.2) is 64.4 Å². The number of nitrogens with one attached hydrogen (secondary N) is 6. The minimum absolute atomic E-state index is 0.000508. The van der Waals surface area contributed by atoms with Crippen molar-refractivity contribution in [1.29, 1.82) is 0 Å². The zero-order valence-electron chi connectivity index (χ0n) is 31.1. The number of halogens is 4. The second-order valence-corrected chi connectivity index (χ2v) is 12.5. The van der Waals surface area contributed by atoms with Crippen molar-refractivity contribution in [2.75, 3.05) is 37.9 Å². The molecule has 1 atom stereocenters. The SMILES string of the molecule is CCCCNC(=O)Nc1ccc(F)c(Cc2c[nH]c3ncc(OC)cc23)c1F.CCCNC(=O)Nc1ccc(F)c(C(O)c2c[nH]c3ncc(OC)cc23)c1F. The summed E-state index contributed by atoms with van der Waals surface area (Å²) in [6.45, 7) is 4.77. The molecule has 1 unspecified atom stereocenters. The minimum atomic E-state index is -1.62. The molecule has 0 saturated carbocycles. The highest BCUT2D eigenvalue weighted by molar-refractivity contribution is 5.90. The minimum Gasteiger partial charge on any atom is -0.495 e. The van der Waals surface area contributed by atoms with Gasteiger partial charge in [-0.3, -0.25) is 0 Å². The highest BCUT2D eigenvalue weighted by Gasteiger charge is 2.26.